The molecule has 0 aliphatic carbocycles. The third-order valence-corrected chi connectivity index (χ3v) is 3.12. The summed E-state index contributed by atoms with van der Waals surface area (Å²) in [6.45, 7) is 7.41. The highest BCUT2D eigenvalue weighted by Gasteiger charge is 2.18. The fourth-order valence-corrected chi connectivity index (χ4v) is 1.74. The van der Waals surface area contributed by atoms with E-state index in [1.807, 2.05) is 37.9 Å². The molecule has 0 aliphatic rings. The van der Waals surface area contributed by atoms with Gasteiger partial charge in [-0.3, -0.25) is 4.79 Å². The van der Waals surface area contributed by atoms with E-state index in [9.17, 15) is 4.79 Å². The lowest BCUT2D eigenvalue weighted by Crippen LogP contribution is -2.43. The van der Waals surface area contributed by atoms with E-state index in [1.165, 1.54) is 11.1 Å². The Morgan fingerprint density at radius 2 is 2.06 bits per heavy atom. The number of nitrogens with zero attached hydrogens (tertiary/aromatic N) is 1. The molecule has 1 amide bonds. The summed E-state index contributed by atoms with van der Waals surface area (Å²) < 4.78 is 0. The van der Waals surface area contributed by atoms with E-state index >= 15 is 0 Å². The van der Waals surface area contributed by atoms with Crippen molar-refractivity contribution < 1.29 is 4.79 Å². The second-order valence-electron chi connectivity index (χ2n) is 4.29. The Labute approximate surface area is 104 Å². The van der Waals surface area contributed by atoms with Gasteiger partial charge in [0.1, 0.15) is 0 Å². The number of hydrogen-bond donors (Lipinski definition) is 1. The normalized spacial score (nSPS) is 12.2. The first-order valence-corrected chi connectivity index (χ1v) is 6.10. The molecule has 17 heavy (non-hydrogen) atoms. The standard InChI is InChI=1S/C14H22N2O/c1-5-16(14(17)12(3)15-4)10-13-9-7-6-8-11(13)2/h6-9,12,15H,5,10H2,1-4H3. The van der Waals surface area contributed by atoms with Gasteiger partial charge in [-0.25, -0.2) is 0 Å². The number of aryl methyl sites for hydroxylation is 1. The molecule has 1 N–H and O–H groups in total. The Morgan fingerprint density at radius 3 is 2.59 bits per heavy atom. The van der Waals surface area contributed by atoms with Crippen molar-refractivity contribution in [1.29, 1.82) is 0 Å². The predicted molar refractivity (Wildman–Crippen MR) is 70.8 cm³/mol. The second kappa shape index (κ2) is 6.40. The van der Waals surface area contributed by atoms with E-state index in [0.29, 0.717) is 6.54 Å². The lowest BCUT2D eigenvalue weighted by Gasteiger charge is -2.25. The highest BCUT2D eigenvalue weighted by Crippen LogP contribution is 2.11. The molecule has 3 heteroatoms. The van der Waals surface area contributed by atoms with Crippen LogP contribution in [0.2, 0.25) is 0 Å². The number of carbonyl (C=O) groups is 1. The zero-order chi connectivity index (χ0) is 12.8. The molecule has 1 aromatic rings. The van der Waals surface area contributed by atoms with E-state index < -0.39 is 0 Å². The fraction of sp³-hybridized carbons (Fsp3) is 0.500. The Hall–Kier alpha value is -1.35. The summed E-state index contributed by atoms with van der Waals surface area (Å²) in [6.07, 6.45) is 0. The second-order valence-corrected chi connectivity index (χ2v) is 4.29. The van der Waals surface area contributed by atoms with Gasteiger partial charge in [0.25, 0.3) is 0 Å². The molecule has 0 saturated heterocycles. The van der Waals surface area contributed by atoms with Gasteiger partial charge in [-0.1, -0.05) is 24.3 Å². The van der Waals surface area contributed by atoms with Crippen molar-refractivity contribution >= 4 is 5.91 Å². The number of nitrogens with one attached hydrogen (secondary N) is 1. The highest BCUT2D eigenvalue weighted by atomic mass is 16.2. The Bertz CT molecular complexity index is 376. The predicted octanol–water partition coefficient (Wildman–Crippen LogP) is 1.95. The van der Waals surface area contributed by atoms with E-state index in [0.717, 1.165) is 6.54 Å². The van der Waals surface area contributed by atoms with Crippen LogP contribution in [0.5, 0.6) is 0 Å². The van der Waals surface area contributed by atoms with Crippen LogP contribution in [0, 0.1) is 6.92 Å². The van der Waals surface area contributed by atoms with Gasteiger partial charge in [0.2, 0.25) is 5.91 Å². The van der Waals surface area contributed by atoms with Crippen LogP contribution in [0.25, 0.3) is 0 Å². The highest BCUT2D eigenvalue weighted by molar-refractivity contribution is 5.81. The molecular formula is C14H22N2O. The van der Waals surface area contributed by atoms with Crippen molar-refractivity contribution in [3.05, 3.63) is 35.4 Å². The third kappa shape index (κ3) is 3.56. The lowest BCUT2D eigenvalue weighted by molar-refractivity contribution is -0.133. The fourth-order valence-electron chi connectivity index (χ4n) is 1.74. The monoisotopic (exact) mass is 234 g/mol. The molecule has 0 bridgehead atoms. The average molecular weight is 234 g/mol. The van der Waals surface area contributed by atoms with Crippen molar-refractivity contribution in [1.82, 2.24) is 10.2 Å². The molecule has 0 aromatic heterocycles. The van der Waals surface area contributed by atoms with Crippen LogP contribution in [-0.2, 0) is 11.3 Å². The number of likely N-dealkylation sites (N-methyl/N-ethyl adjacent to an activating group) is 2. The molecule has 0 fully saturated rings. The maximum absolute atomic E-state index is 12.1. The molecule has 1 rings (SSSR count). The lowest BCUT2D eigenvalue weighted by atomic mass is 10.1. The summed E-state index contributed by atoms with van der Waals surface area (Å²) >= 11 is 0. The Balaban J connectivity index is 2.77. The number of amides is 1. The van der Waals surface area contributed by atoms with Gasteiger partial charge in [0.05, 0.1) is 6.04 Å². The summed E-state index contributed by atoms with van der Waals surface area (Å²) in [7, 11) is 1.81. The first-order valence-electron chi connectivity index (χ1n) is 6.10. The van der Waals surface area contributed by atoms with Crippen LogP contribution >= 0.6 is 0 Å². The van der Waals surface area contributed by atoms with Gasteiger partial charge >= 0.3 is 0 Å². The van der Waals surface area contributed by atoms with Crippen molar-refractivity contribution in [3.8, 4) is 0 Å². The van der Waals surface area contributed by atoms with E-state index in [1.54, 1.807) is 0 Å². The topological polar surface area (TPSA) is 32.3 Å². The Kier molecular flexibility index (Phi) is 5.16. The van der Waals surface area contributed by atoms with Gasteiger partial charge in [-0.05, 0) is 38.9 Å². The maximum Gasteiger partial charge on any atom is 0.239 e. The van der Waals surface area contributed by atoms with Crippen molar-refractivity contribution in [2.75, 3.05) is 13.6 Å². The first-order chi connectivity index (χ1) is 8.10. The van der Waals surface area contributed by atoms with Gasteiger partial charge in [0.15, 0.2) is 0 Å². The minimum atomic E-state index is -0.126. The summed E-state index contributed by atoms with van der Waals surface area (Å²) in [4.78, 5) is 14.0. The van der Waals surface area contributed by atoms with E-state index in [4.69, 9.17) is 0 Å². The van der Waals surface area contributed by atoms with Gasteiger partial charge in [-0.2, -0.15) is 0 Å². The van der Waals surface area contributed by atoms with Crippen molar-refractivity contribution in [2.45, 2.75) is 33.4 Å². The van der Waals surface area contributed by atoms with Gasteiger partial charge in [-0.15, -0.1) is 0 Å². The zero-order valence-electron chi connectivity index (χ0n) is 11.2. The summed E-state index contributed by atoms with van der Waals surface area (Å²) in [6, 6.07) is 8.07. The molecule has 94 valence electrons. The average Bonchev–Trinajstić information content (AvgIpc) is 2.36. The van der Waals surface area contributed by atoms with Crippen LogP contribution in [0.3, 0.4) is 0 Å². The van der Waals surface area contributed by atoms with Crippen molar-refractivity contribution in [3.63, 3.8) is 0 Å². The zero-order valence-corrected chi connectivity index (χ0v) is 11.2. The number of hydrogen-bond acceptors (Lipinski definition) is 2. The molecule has 3 nitrogen and oxygen atoms in total. The van der Waals surface area contributed by atoms with E-state index in [-0.39, 0.29) is 11.9 Å². The van der Waals surface area contributed by atoms with Crippen LogP contribution in [0.15, 0.2) is 24.3 Å². The molecule has 0 saturated carbocycles. The molecular weight excluding hydrogens is 212 g/mol. The number of benzene rings is 1. The molecule has 1 atom stereocenters. The smallest absolute Gasteiger partial charge is 0.239 e. The van der Waals surface area contributed by atoms with Crippen LogP contribution in [-0.4, -0.2) is 30.4 Å². The third-order valence-electron chi connectivity index (χ3n) is 3.12. The van der Waals surface area contributed by atoms with E-state index in [2.05, 4.69) is 24.4 Å². The summed E-state index contributed by atoms with van der Waals surface area (Å²) in [5, 5.41) is 2.99. The summed E-state index contributed by atoms with van der Waals surface area (Å²) in [5.41, 5.74) is 2.45. The number of carbonyl (C=O) groups excluding carboxylic acids is 1. The number of rotatable bonds is 5. The quantitative estimate of drug-likeness (QED) is 0.844. The molecule has 0 heterocycles. The van der Waals surface area contributed by atoms with Crippen molar-refractivity contribution in [2.24, 2.45) is 0 Å². The van der Waals surface area contributed by atoms with Crippen LogP contribution < -0.4 is 5.32 Å². The molecule has 0 radical (unpaired) electrons. The maximum atomic E-state index is 12.1. The van der Waals surface area contributed by atoms with Crippen LogP contribution in [0.4, 0.5) is 0 Å². The SMILES string of the molecule is CCN(Cc1ccccc1C)C(=O)C(C)NC. The van der Waals surface area contributed by atoms with Crippen LogP contribution in [0.1, 0.15) is 25.0 Å². The summed E-state index contributed by atoms with van der Waals surface area (Å²) in [5.74, 6) is 0.151. The first kappa shape index (κ1) is 13.7. The van der Waals surface area contributed by atoms with Gasteiger partial charge in [0, 0.05) is 13.1 Å². The molecule has 0 aliphatic heterocycles. The van der Waals surface area contributed by atoms with Gasteiger partial charge < -0.3 is 10.2 Å². The minimum absolute atomic E-state index is 0.126. The molecule has 0 spiro atoms. The minimum Gasteiger partial charge on any atom is -0.337 e. The Morgan fingerprint density at radius 1 is 1.41 bits per heavy atom. The largest absolute Gasteiger partial charge is 0.337 e. The molecule has 1 aromatic carbocycles. The molecule has 1 unspecified atom stereocenters.